The van der Waals surface area contributed by atoms with Crippen LogP contribution in [0.25, 0.3) is 0 Å². The average molecular weight is 358 g/mol. The molecule has 3 heterocycles. The maximum Gasteiger partial charge on any atom is 0.145 e. The van der Waals surface area contributed by atoms with E-state index in [-0.39, 0.29) is 17.8 Å². The summed E-state index contributed by atoms with van der Waals surface area (Å²) in [5.41, 5.74) is 9.65. The largest absolute Gasteiger partial charge is 0.360 e. The minimum Gasteiger partial charge on any atom is -0.360 e. The van der Waals surface area contributed by atoms with Gasteiger partial charge in [0, 0.05) is 36.3 Å². The monoisotopic (exact) mass is 358 g/mol. The van der Waals surface area contributed by atoms with Gasteiger partial charge in [-0.1, -0.05) is 29.8 Å². The third kappa shape index (κ3) is 3.29. The van der Waals surface area contributed by atoms with Crippen LogP contribution in [0.5, 0.6) is 0 Å². The van der Waals surface area contributed by atoms with Gasteiger partial charge in [0.2, 0.25) is 0 Å². The van der Waals surface area contributed by atoms with Gasteiger partial charge in [0.25, 0.3) is 0 Å². The number of hydrogen-bond acceptors (Lipinski definition) is 5. The van der Waals surface area contributed by atoms with Crippen molar-refractivity contribution in [1.29, 1.82) is 0 Å². The highest BCUT2D eigenvalue weighted by Crippen LogP contribution is 2.33. The minimum atomic E-state index is -0.118. The van der Waals surface area contributed by atoms with Crippen LogP contribution < -0.4 is 10.9 Å². The van der Waals surface area contributed by atoms with Gasteiger partial charge in [-0.3, -0.25) is 15.8 Å². The molecule has 26 heavy (non-hydrogen) atoms. The summed E-state index contributed by atoms with van der Waals surface area (Å²) >= 11 is 0. The van der Waals surface area contributed by atoms with Crippen molar-refractivity contribution in [1.82, 2.24) is 20.9 Å². The molecule has 1 aromatic heterocycles. The van der Waals surface area contributed by atoms with E-state index in [0.717, 1.165) is 48.5 Å². The molecule has 140 valence electrons. The first-order chi connectivity index (χ1) is 12.6. The predicted molar refractivity (Wildman–Crippen MR) is 98.1 cm³/mol. The molecule has 3 unspecified atom stereocenters. The van der Waals surface area contributed by atoms with Crippen LogP contribution in [-0.4, -0.2) is 35.2 Å². The highest BCUT2D eigenvalue weighted by atomic mass is 19.1. The number of piperidine rings is 1. The van der Waals surface area contributed by atoms with Crippen molar-refractivity contribution in [2.75, 3.05) is 13.1 Å². The van der Waals surface area contributed by atoms with Gasteiger partial charge < -0.3 is 4.52 Å². The van der Waals surface area contributed by atoms with Crippen LogP contribution >= 0.6 is 0 Å². The molecular weight excluding hydrogens is 331 g/mol. The Kier molecular flexibility index (Phi) is 5.07. The van der Waals surface area contributed by atoms with Crippen molar-refractivity contribution in [3.05, 3.63) is 52.7 Å². The van der Waals surface area contributed by atoms with E-state index in [9.17, 15) is 4.39 Å². The number of nitrogens with one attached hydrogen (secondary N) is 2. The topological polar surface area (TPSA) is 53.3 Å². The third-order valence-corrected chi connectivity index (χ3v) is 5.96. The molecule has 0 bridgehead atoms. The minimum absolute atomic E-state index is 0.118. The van der Waals surface area contributed by atoms with E-state index in [4.69, 9.17) is 4.52 Å². The van der Waals surface area contributed by atoms with Gasteiger partial charge >= 0.3 is 0 Å². The fourth-order valence-electron chi connectivity index (χ4n) is 4.38. The van der Waals surface area contributed by atoms with Crippen LogP contribution in [0.4, 0.5) is 4.39 Å². The maximum absolute atomic E-state index is 14.2. The van der Waals surface area contributed by atoms with Gasteiger partial charge in [0.15, 0.2) is 0 Å². The number of rotatable bonds is 4. The Morgan fingerprint density at radius 2 is 2.12 bits per heavy atom. The smallest absolute Gasteiger partial charge is 0.145 e. The van der Waals surface area contributed by atoms with Crippen LogP contribution in [-0.2, 0) is 6.54 Å². The molecule has 2 N–H and O–H groups in total. The second-order valence-electron chi connectivity index (χ2n) is 7.54. The first-order valence-corrected chi connectivity index (χ1v) is 9.53. The first-order valence-electron chi connectivity index (χ1n) is 9.53. The molecule has 2 aliphatic rings. The van der Waals surface area contributed by atoms with E-state index >= 15 is 0 Å². The Hall–Kier alpha value is -1.76. The zero-order valence-corrected chi connectivity index (χ0v) is 15.5. The molecule has 2 aromatic rings. The Balaban J connectivity index is 1.57. The van der Waals surface area contributed by atoms with Crippen LogP contribution in [0.2, 0.25) is 0 Å². The van der Waals surface area contributed by atoms with E-state index in [2.05, 4.69) is 27.8 Å². The van der Waals surface area contributed by atoms with Crippen molar-refractivity contribution < 1.29 is 8.91 Å². The number of aryl methyl sites for hydroxylation is 1. The van der Waals surface area contributed by atoms with Gasteiger partial charge in [-0.25, -0.2) is 4.39 Å². The molecule has 6 heteroatoms. The summed E-state index contributed by atoms with van der Waals surface area (Å²) in [6, 6.07) is 7.67. The average Bonchev–Trinajstić information content (AvgIpc) is 3.25. The Morgan fingerprint density at radius 1 is 1.27 bits per heavy atom. The molecule has 2 fully saturated rings. The van der Waals surface area contributed by atoms with Crippen molar-refractivity contribution in [3.8, 4) is 0 Å². The number of hydrogen-bond donors (Lipinski definition) is 2. The summed E-state index contributed by atoms with van der Waals surface area (Å²) < 4.78 is 19.8. The molecular formula is C20H27FN4O. The van der Waals surface area contributed by atoms with Crippen molar-refractivity contribution in [2.45, 2.75) is 57.7 Å². The number of likely N-dealkylation sites (tertiary alicyclic amines) is 1. The second-order valence-corrected chi connectivity index (χ2v) is 7.54. The molecule has 0 saturated carbocycles. The van der Waals surface area contributed by atoms with Crippen molar-refractivity contribution in [2.24, 2.45) is 0 Å². The number of aromatic nitrogens is 1. The Labute approximate surface area is 153 Å². The molecule has 2 saturated heterocycles. The summed E-state index contributed by atoms with van der Waals surface area (Å²) in [4.78, 5) is 2.43. The lowest BCUT2D eigenvalue weighted by Crippen LogP contribution is -2.52. The van der Waals surface area contributed by atoms with E-state index < -0.39 is 0 Å². The van der Waals surface area contributed by atoms with Gasteiger partial charge in [-0.2, -0.15) is 0 Å². The summed E-state index contributed by atoms with van der Waals surface area (Å²) in [5.74, 6) is 1.09. The normalized spacial score (nSPS) is 27.1. The van der Waals surface area contributed by atoms with Gasteiger partial charge in [0.05, 0.1) is 11.6 Å². The van der Waals surface area contributed by atoms with Gasteiger partial charge in [-0.05, 0) is 39.3 Å². The van der Waals surface area contributed by atoms with Gasteiger partial charge in [-0.15, -0.1) is 0 Å². The van der Waals surface area contributed by atoms with Crippen LogP contribution in [0.1, 0.15) is 47.8 Å². The summed E-state index contributed by atoms with van der Waals surface area (Å²) in [7, 11) is 0. The lowest BCUT2D eigenvalue weighted by Gasteiger charge is -2.40. The summed E-state index contributed by atoms with van der Waals surface area (Å²) in [5, 5.41) is 4.14. The SMILES string of the molecule is Cc1noc(C2CNNC2C2CCCCN2Cc2ccccc2F)c1C. The number of nitrogens with zero attached hydrogens (tertiary/aromatic N) is 2. The quantitative estimate of drug-likeness (QED) is 0.880. The molecule has 0 aliphatic carbocycles. The van der Waals surface area contributed by atoms with Crippen molar-refractivity contribution >= 4 is 0 Å². The maximum atomic E-state index is 14.2. The number of halogens is 1. The van der Waals surface area contributed by atoms with E-state index in [0.29, 0.717) is 12.6 Å². The lowest BCUT2D eigenvalue weighted by molar-refractivity contribution is 0.102. The fraction of sp³-hybridized carbons (Fsp3) is 0.550. The van der Waals surface area contributed by atoms with Crippen molar-refractivity contribution in [3.63, 3.8) is 0 Å². The number of benzene rings is 1. The molecule has 5 nitrogen and oxygen atoms in total. The molecule has 0 radical (unpaired) electrons. The van der Waals surface area contributed by atoms with Crippen LogP contribution in [0.15, 0.2) is 28.8 Å². The first kappa shape index (κ1) is 17.6. The fourth-order valence-corrected chi connectivity index (χ4v) is 4.38. The molecule has 3 atom stereocenters. The van der Waals surface area contributed by atoms with Crippen LogP contribution in [0.3, 0.4) is 0 Å². The molecule has 0 amide bonds. The standard InChI is InChI=1S/C20H27FN4O/c1-13-14(2)24-26-20(13)16-11-22-23-19(16)18-9-5-6-10-25(18)12-15-7-3-4-8-17(15)21/h3-4,7-8,16,18-19,22-23H,5-6,9-12H2,1-2H3. The van der Waals surface area contributed by atoms with E-state index in [1.165, 1.54) is 6.42 Å². The highest BCUT2D eigenvalue weighted by Gasteiger charge is 2.41. The Bertz CT molecular complexity index is 762. The zero-order chi connectivity index (χ0) is 18.1. The molecule has 2 aliphatic heterocycles. The third-order valence-electron chi connectivity index (χ3n) is 5.96. The summed E-state index contributed by atoms with van der Waals surface area (Å²) in [6.45, 7) is 6.53. The highest BCUT2D eigenvalue weighted by molar-refractivity contribution is 5.26. The molecule has 4 rings (SSSR count). The van der Waals surface area contributed by atoms with Crippen LogP contribution in [0, 0.1) is 19.7 Å². The Morgan fingerprint density at radius 3 is 2.88 bits per heavy atom. The molecule has 0 spiro atoms. The molecule has 1 aromatic carbocycles. The second kappa shape index (κ2) is 7.47. The van der Waals surface area contributed by atoms with E-state index in [1.54, 1.807) is 12.1 Å². The lowest BCUT2D eigenvalue weighted by atomic mass is 9.85. The zero-order valence-electron chi connectivity index (χ0n) is 15.5. The predicted octanol–water partition coefficient (Wildman–Crippen LogP) is 3.05. The summed E-state index contributed by atoms with van der Waals surface area (Å²) in [6.07, 6.45) is 3.48. The van der Waals surface area contributed by atoms with E-state index in [1.807, 2.05) is 19.1 Å². The number of hydrazine groups is 1. The van der Waals surface area contributed by atoms with Gasteiger partial charge in [0.1, 0.15) is 11.6 Å².